The Morgan fingerprint density at radius 2 is 2.18 bits per heavy atom. The van der Waals surface area contributed by atoms with Crippen molar-refractivity contribution >= 4 is 10.0 Å². The zero-order valence-corrected chi connectivity index (χ0v) is 13.5. The number of hydrogen-bond acceptors (Lipinski definition) is 3. The molecule has 0 spiro atoms. The number of benzene rings is 1. The van der Waals surface area contributed by atoms with E-state index >= 15 is 0 Å². The van der Waals surface area contributed by atoms with E-state index in [-0.39, 0.29) is 23.4 Å². The molecule has 122 valence electrons. The van der Waals surface area contributed by atoms with Crippen LogP contribution in [0, 0.1) is 17.7 Å². The molecule has 1 aromatic carbocycles. The van der Waals surface area contributed by atoms with Gasteiger partial charge in [0.2, 0.25) is 10.0 Å². The predicted molar refractivity (Wildman–Crippen MR) is 82.2 cm³/mol. The van der Waals surface area contributed by atoms with Gasteiger partial charge in [0.25, 0.3) is 0 Å². The van der Waals surface area contributed by atoms with Crippen molar-refractivity contribution < 1.29 is 17.9 Å². The van der Waals surface area contributed by atoms with Crippen LogP contribution < -0.4 is 0 Å². The Bertz CT molecular complexity index is 663. The van der Waals surface area contributed by atoms with Crippen molar-refractivity contribution in [2.24, 2.45) is 11.8 Å². The van der Waals surface area contributed by atoms with Crippen LogP contribution >= 0.6 is 0 Å². The fourth-order valence-corrected chi connectivity index (χ4v) is 5.18. The fourth-order valence-electron chi connectivity index (χ4n) is 4.01. The van der Waals surface area contributed by atoms with Crippen LogP contribution in [0.25, 0.3) is 0 Å². The van der Waals surface area contributed by atoms with E-state index in [2.05, 4.69) is 0 Å². The summed E-state index contributed by atoms with van der Waals surface area (Å²) in [5.74, 6) is -0.318. The summed E-state index contributed by atoms with van der Waals surface area (Å²) in [5.41, 5.74) is -0.568. The lowest BCUT2D eigenvalue weighted by atomic mass is 9.67. The minimum atomic E-state index is -3.25. The molecule has 1 saturated carbocycles. The van der Waals surface area contributed by atoms with Gasteiger partial charge in [0, 0.05) is 19.0 Å². The molecule has 1 aliphatic carbocycles. The van der Waals surface area contributed by atoms with Crippen LogP contribution in [0.3, 0.4) is 0 Å². The highest BCUT2D eigenvalue weighted by molar-refractivity contribution is 7.89. The number of nitrogens with zero attached hydrogens (tertiary/aromatic N) is 1. The van der Waals surface area contributed by atoms with Gasteiger partial charge in [-0.3, -0.25) is 0 Å². The van der Waals surface area contributed by atoms with E-state index in [1.165, 1.54) is 16.4 Å². The quantitative estimate of drug-likeness (QED) is 0.925. The average Bonchev–Trinajstić information content (AvgIpc) is 2.94. The lowest BCUT2D eigenvalue weighted by molar-refractivity contribution is -0.0642. The highest BCUT2D eigenvalue weighted by Crippen LogP contribution is 2.48. The number of halogens is 1. The Morgan fingerprint density at radius 1 is 1.41 bits per heavy atom. The van der Waals surface area contributed by atoms with Crippen molar-refractivity contribution in [1.29, 1.82) is 0 Å². The minimum Gasteiger partial charge on any atom is -0.385 e. The van der Waals surface area contributed by atoms with Crippen LogP contribution in [-0.4, -0.2) is 36.7 Å². The Balaban J connectivity index is 1.94. The summed E-state index contributed by atoms with van der Waals surface area (Å²) in [4.78, 5) is 0. The van der Waals surface area contributed by atoms with Gasteiger partial charge in [-0.1, -0.05) is 12.1 Å². The Hall–Kier alpha value is -0.980. The summed E-state index contributed by atoms with van der Waals surface area (Å²) in [5, 5.41) is 11.2. The summed E-state index contributed by atoms with van der Waals surface area (Å²) in [6.45, 7) is 2.43. The third kappa shape index (κ3) is 2.57. The second kappa shape index (κ2) is 5.58. The normalized spacial score (nSPS) is 32.9. The van der Waals surface area contributed by atoms with E-state index in [1.54, 1.807) is 19.1 Å². The van der Waals surface area contributed by atoms with Gasteiger partial charge >= 0.3 is 0 Å². The van der Waals surface area contributed by atoms with E-state index < -0.39 is 15.6 Å². The van der Waals surface area contributed by atoms with Crippen molar-refractivity contribution in [2.75, 3.05) is 18.8 Å². The fraction of sp³-hybridized carbons (Fsp3) is 0.625. The van der Waals surface area contributed by atoms with Crippen LogP contribution in [0.5, 0.6) is 0 Å². The molecule has 2 fully saturated rings. The zero-order valence-electron chi connectivity index (χ0n) is 12.7. The molecule has 3 rings (SSSR count). The summed E-state index contributed by atoms with van der Waals surface area (Å²) in [6.07, 6.45) is 2.30. The van der Waals surface area contributed by atoms with Crippen molar-refractivity contribution in [3.05, 3.63) is 35.6 Å². The highest BCUT2D eigenvalue weighted by Gasteiger charge is 2.51. The van der Waals surface area contributed by atoms with E-state index in [1.807, 2.05) is 0 Å². The first kappa shape index (κ1) is 15.9. The van der Waals surface area contributed by atoms with E-state index in [0.717, 1.165) is 12.8 Å². The van der Waals surface area contributed by atoms with Crippen molar-refractivity contribution in [3.8, 4) is 0 Å². The molecular weight excluding hydrogens is 305 g/mol. The molecule has 2 aliphatic rings. The maximum absolute atomic E-state index is 13.5. The monoisotopic (exact) mass is 327 g/mol. The van der Waals surface area contributed by atoms with E-state index in [9.17, 15) is 17.9 Å². The topological polar surface area (TPSA) is 57.6 Å². The largest absolute Gasteiger partial charge is 0.385 e. The molecule has 0 bridgehead atoms. The van der Waals surface area contributed by atoms with Crippen LogP contribution in [0.1, 0.15) is 31.7 Å². The number of hydrogen-bond donors (Lipinski definition) is 1. The maximum atomic E-state index is 13.5. The molecule has 6 heteroatoms. The molecule has 1 heterocycles. The van der Waals surface area contributed by atoms with Gasteiger partial charge in [0.05, 0.1) is 11.4 Å². The van der Waals surface area contributed by atoms with Crippen LogP contribution in [0.15, 0.2) is 24.3 Å². The standard InChI is InChI=1S/C16H22FNO3S/c1-2-22(20,21)18-10-12-5-4-8-16(19,15(12)11-18)13-6-3-7-14(17)9-13/h3,6-7,9,12,15,19H,2,4-5,8,10-11H2,1H3/t12-,15+,16+/m0/s1. The lowest BCUT2D eigenvalue weighted by Crippen LogP contribution is -2.43. The molecule has 22 heavy (non-hydrogen) atoms. The van der Waals surface area contributed by atoms with Gasteiger partial charge in [-0.15, -0.1) is 0 Å². The first-order chi connectivity index (χ1) is 10.4. The predicted octanol–water partition coefficient (Wildman–Crippen LogP) is 2.09. The average molecular weight is 327 g/mol. The maximum Gasteiger partial charge on any atom is 0.213 e. The Kier molecular flexibility index (Phi) is 4.03. The van der Waals surface area contributed by atoms with Gasteiger partial charge < -0.3 is 5.11 Å². The summed E-state index contributed by atoms with van der Waals surface area (Å²) in [7, 11) is -3.25. The highest BCUT2D eigenvalue weighted by atomic mass is 32.2. The number of rotatable bonds is 3. The minimum absolute atomic E-state index is 0.0742. The summed E-state index contributed by atoms with van der Waals surface area (Å²) in [6, 6.07) is 6.07. The molecular formula is C16H22FNO3S. The first-order valence-corrected chi connectivity index (χ1v) is 9.44. The first-order valence-electron chi connectivity index (χ1n) is 7.83. The molecule has 1 aromatic rings. The van der Waals surface area contributed by atoms with Crippen molar-refractivity contribution in [3.63, 3.8) is 0 Å². The lowest BCUT2D eigenvalue weighted by Gasteiger charge is -2.41. The second-order valence-electron chi connectivity index (χ2n) is 6.41. The van der Waals surface area contributed by atoms with E-state index in [4.69, 9.17) is 0 Å². The Labute approximate surface area is 131 Å². The molecule has 0 amide bonds. The number of aliphatic hydroxyl groups is 1. The second-order valence-corrected chi connectivity index (χ2v) is 8.67. The smallest absolute Gasteiger partial charge is 0.213 e. The molecule has 0 radical (unpaired) electrons. The van der Waals surface area contributed by atoms with Gasteiger partial charge in [-0.05, 0) is 49.8 Å². The molecule has 1 aliphatic heterocycles. The van der Waals surface area contributed by atoms with Gasteiger partial charge in [-0.25, -0.2) is 17.1 Å². The third-order valence-corrected chi connectivity index (χ3v) is 7.05. The molecule has 3 atom stereocenters. The Morgan fingerprint density at radius 3 is 2.86 bits per heavy atom. The zero-order chi connectivity index (χ0) is 16.0. The summed E-state index contributed by atoms with van der Waals surface area (Å²) >= 11 is 0. The van der Waals surface area contributed by atoms with Gasteiger partial charge in [-0.2, -0.15) is 0 Å². The molecule has 1 saturated heterocycles. The van der Waals surface area contributed by atoms with Crippen molar-refractivity contribution in [2.45, 2.75) is 31.8 Å². The third-order valence-electron chi connectivity index (χ3n) is 5.24. The SMILES string of the molecule is CCS(=O)(=O)N1C[C@@H]2CCC[C@@](O)(c3cccc(F)c3)[C@@H]2C1. The summed E-state index contributed by atoms with van der Waals surface area (Å²) < 4.78 is 39.3. The molecule has 0 unspecified atom stereocenters. The van der Waals surface area contributed by atoms with Crippen LogP contribution in [-0.2, 0) is 15.6 Å². The molecule has 1 N–H and O–H groups in total. The van der Waals surface area contributed by atoms with Crippen molar-refractivity contribution in [1.82, 2.24) is 4.31 Å². The number of sulfonamides is 1. The van der Waals surface area contributed by atoms with Gasteiger partial charge in [0.1, 0.15) is 5.82 Å². The number of fused-ring (bicyclic) bond motifs is 1. The van der Waals surface area contributed by atoms with Crippen LogP contribution in [0.2, 0.25) is 0 Å². The molecule has 4 nitrogen and oxygen atoms in total. The van der Waals surface area contributed by atoms with E-state index in [0.29, 0.717) is 25.1 Å². The molecule has 0 aromatic heterocycles. The van der Waals surface area contributed by atoms with Gasteiger partial charge in [0.15, 0.2) is 0 Å². The van der Waals surface area contributed by atoms with Crippen LogP contribution in [0.4, 0.5) is 4.39 Å².